The van der Waals surface area contributed by atoms with E-state index in [1.165, 1.54) is 16.7 Å². The standard InChI is InChI=1S/C9H9NO3S/c1-3-5-7(11)10-6(9(12)13)4(2)14-8(5)10/h3,8H,1-2H3,(H,12,13)/t8-/m1/s1. The zero-order chi connectivity index (χ0) is 10.5. The average molecular weight is 211 g/mol. The number of hydrogen-bond acceptors (Lipinski definition) is 3. The van der Waals surface area contributed by atoms with E-state index in [1.54, 1.807) is 19.9 Å². The summed E-state index contributed by atoms with van der Waals surface area (Å²) in [5.41, 5.74) is 0.834. The number of thioether (sulfide) groups is 1. The Morgan fingerprint density at radius 1 is 1.64 bits per heavy atom. The van der Waals surface area contributed by atoms with Crippen LogP contribution in [0.4, 0.5) is 0 Å². The number of carboxylic acid groups (broad SMARTS) is 1. The highest BCUT2D eigenvalue weighted by Crippen LogP contribution is 2.48. The molecule has 74 valence electrons. The molecule has 2 rings (SSSR count). The lowest BCUT2D eigenvalue weighted by atomic mass is 10.1. The van der Waals surface area contributed by atoms with Crippen LogP contribution >= 0.6 is 11.8 Å². The maximum absolute atomic E-state index is 11.5. The molecule has 1 saturated heterocycles. The molecule has 0 radical (unpaired) electrons. The van der Waals surface area contributed by atoms with Gasteiger partial charge in [-0.3, -0.25) is 9.69 Å². The fourth-order valence-corrected chi connectivity index (χ4v) is 2.97. The van der Waals surface area contributed by atoms with Crippen molar-refractivity contribution in [3.63, 3.8) is 0 Å². The van der Waals surface area contributed by atoms with Gasteiger partial charge in [0.15, 0.2) is 0 Å². The monoisotopic (exact) mass is 211 g/mol. The summed E-state index contributed by atoms with van der Waals surface area (Å²) in [7, 11) is 0. The number of carboxylic acids is 1. The summed E-state index contributed by atoms with van der Waals surface area (Å²) >= 11 is 1.42. The molecule has 0 saturated carbocycles. The first-order valence-corrected chi connectivity index (χ1v) is 5.06. The Kier molecular flexibility index (Phi) is 1.92. The summed E-state index contributed by atoms with van der Waals surface area (Å²) < 4.78 is 0. The van der Waals surface area contributed by atoms with Crippen LogP contribution in [0.3, 0.4) is 0 Å². The number of allylic oxidation sites excluding steroid dienone is 2. The summed E-state index contributed by atoms with van der Waals surface area (Å²) in [5, 5.41) is 8.80. The lowest BCUT2D eigenvalue weighted by Crippen LogP contribution is -2.51. The molecule has 2 aliphatic rings. The van der Waals surface area contributed by atoms with Crippen molar-refractivity contribution in [2.45, 2.75) is 19.2 Å². The van der Waals surface area contributed by atoms with Crippen molar-refractivity contribution in [1.82, 2.24) is 4.90 Å². The van der Waals surface area contributed by atoms with Gasteiger partial charge in [-0.2, -0.15) is 0 Å². The van der Waals surface area contributed by atoms with Crippen LogP contribution in [0.1, 0.15) is 13.8 Å². The van der Waals surface area contributed by atoms with Gasteiger partial charge in [0.25, 0.3) is 5.91 Å². The number of rotatable bonds is 1. The molecule has 2 heterocycles. The molecule has 14 heavy (non-hydrogen) atoms. The Labute approximate surface area is 85.3 Å². The second-order valence-corrected chi connectivity index (χ2v) is 4.39. The number of fused-ring (bicyclic) bond motifs is 1. The topological polar surface area (TPSA) is 57.6 Å². The summed E-state index contributed by atoms with van der Waals surface area (Å²) in [4.78, 5) is 24.4. The molecular weight excluding hydrogens is 202 g/mol. The molecule has 0 aromatic heterocycles. The number of amides is 1. The van der Waals surface area contributed by atoms with Crippen LogP contribution in [0.15, 0.2) is 22.3 Å². The first kappa shape index (κ1) is 9.33. The predicted molar refractivity (Wildman–Crippen MR) is 52.3 cm³/mol. The highest BCUT2D eigenvalue weighted by Gasteiger charge is 2.50. The normalized spacial score (nSPS) is 28.1. The molecule has 0 aromatic carbocycles. The van der Waals surface area contributed by atoms with Gasteiger partial charge in [0.1, 0.15) is 11.1 Å². The highest BCUT2D eigenvalue weighted by molar-refractivity contribution is 8.04. The lowest BCUT2D eigenvalue weighted by molar-refractivity contribution is -0.141. The number of carbonyl (C=O) groups is 2. The second-order valence-electron chi connectivity index (χ2n) is 3.10. The summed E-state index contributed by atoms with van der Waals surface area (Å²) in [6.45, 7) is 3.52. The molecule has 1 fully saturated rings. The number of β-lactam (4-membered cyclic amide) rings is 1. The van der Waals surface area contributed by atoms with Gasteiger partial charge in [0.2, 0.25) is 0 Å². The van der Waals surface area contributed by atoms with E-state index in [9.17, 15) is 9.59 Å². The Balaban J connectivity index is 2.37. The van der Waals surface area contributed by atoms with Crippen LogP contribution < -0.4 is 0 Å². The SMILES string of the molecule is CC=C1C(=O)N2C(C(=O)O)=C(C)S[C@H]12. The first-order valence-electron chi connectivity index (χ1n) is 4.18. The van der Waals surface area contributed by atoms with Crippen molar-refractivity contribution in [2.24, 2.45) is 0 Å². The Morgan fingerprint density at radius 2 is 2.29 bits per heavy atom. The van der Waals surface area contributed by atoms with Gasteiger partial charge in [0, 0.05) is 10.5 Å². The lowest BCUT2D eigenvalue weighted by Gasteiger charge is -2.36. The third kappa shape index (κ3) is 0.957. The zero-order valence-electron chi connectivity index (χ0n) is 7.77. The van der Waals surface area contributed by atoms with Gasteiger partial charge < -0.3 is 5.11 Å². The van der Waals surface area contributed by atoms with Gasteiger partial charge in [0.05, 0.1) is 0 Å². The molecule has 0 unspecified atom stereocenters. The van der Waals surface area contributed by atoms with Crippen molar-refractivity contribution in [3.8, 4) is 0 Å². The Morgan fingerprint density at radius 3 is 2.79 bits per heavy atom. The number of aliphatic carboxylic acids is 1. The molecule has 4 nitrogen and oxygen atoms in total. The highest BCUT2D eigenvalue weighted by atomic mass is 32.2. The van der Waals surface area contributed by atoms with Gasteiger partial charge in [-0.25, -0.2) is 4.79 Å². The fraction of sp³-hybridized carbons (Fsp3) is 0.333. The van der Waals surface area contributed by atoms with Crippen molar-refractivity contribution in [2.75, 3.05) is 0 Å². The molecular formula is C9H9NO3S. The van der Waals surface area contributed by atoms with Crippen molar-refractivity contribution in [3.05, 3.63) is 22.3 Å². The molecule has 0 bridgehead atoms. The smallest absolute Gasteiger partial charge is 0.353 e. The first-order chi connectivity index (χ1) is 6.57. The Bertz CT molecular complexity index is 397. The number of nitrogens with zero attached hydrogens (tertiary/aromatic N) is 1. The maximum Gasteiger partial charge on any atom is 0.353 e. The molecule has 1 amide bonds. The molecule has 2 aliphatic heterocycles. The van der Waals surface area contributed by atoms with Crippen LogP contribution in [-0.2, 0) is 9.59 Å². The summed E-state index contributed by atoms with van der Waals surface area (Å²) in [6.07, 6.45) is 1.74. The minimum Gasteiger partial charge on any atom is -0.477 e. The Hall–Kier alpha value is -1.23. The third-order valence-electron chi connectivity index (χ3n) is 2.34. The second kappa shape index (κ2) is 2.88. The van der Waals surface area contributed by atoms with Crippen LogP contribution in [0.2, 0.25) is 0 Å². The molecule has 0 aliphatic carbocycles. The van der Waals surface area contributed by atoms with Crippen LogP contribution in [-0.4, -0.2) is 27.3 Å². The van der Waals surface area contributed by atoms with Gasteiger partial charge in [-0.05, 0) is 13.8 Å². The molecule has 1 atom stereocenters. The summed E-state index contributed by atoms with van der Waals surface area (Å²) in [6, 6.07) is 0. The van der Waals surface area contributed by atoms with Gasteiger partial charge in [-0.15, -0.1) is 0 Å². The average Bonchev–Trinajstić information content (AvgIpc) is 2.40. The largest absolute Gasteiger partial charge is 0.477 e. The van der Waals surface area contributed by atoms with E-state index in [2.05, 4.69) is 0 Å². The van der Waals surface area contributed by atoms with E-state index in [0.717, 1.165) is 0 Å². The molecule has 5 heteroatoms. The minimum atomic E-state index is -1.03. The quantitative estimate of drug-likeness (QED) is 0.522. The molecule has 0 spiro atoms. The van der Waals surface area contributed by atoms with Crippen molar-refractivity contribution in [1.29, 1.82) is 0 Å². The van der Waals surface area contributed by atoms with Gasteiger partial charge in [-0.1, -0.05) is 17.8 Å². The van der Waals surface area contributed by atoms with Gasteiger partial charge >= 0.3 is 5.97 Å². The van der Waals surface area contributed by atoms with E-state index in [1.807, 2.05) is 0 Å². The predicted octanol–water partition coefficient (Wildman–Crippen LogP) is 1.16. The van der Waals surface area contributed by atoms with E-state index in [0.29, 0.717) is 10.5 Å². The van der Waals surface area contributed by atoms with Crippen LogP contribution in [0.25, 0.3) is 0 Å². The van der Waals surface area contributed by atoms with Crippen molar-refractivity contribution >= 4 is 23.6 Å². The van der Waals surface area contributed by atoms with Crippen LogP contribution in [0, 0.1) is 0 Å². The van der Waals surface area contributed by atoms with E-state index in [4.69, 9.17) is 5.11 Å². The van der Waals surface area contributed by atoms with Crippen LogP contribution in [0.5, 0.6) is 0 Å². The van der Waals surface area contributed by atoms with Crippen molar-refractivity contribution < 1.29 is 14.7 Å². The third-order valence-corrected chi connectivity index (χ3v) is 3.58. The maximum atomic E-state index is 11.5. The zero-order valence-corrected chi connectivity index (χ0v) is 8.59. The van der Waals surface area contributed by atoms with E-state index in [-0.39, 0.29) is 17.0 Å². The molecule has 0 aromatic rings. The number of carbonyl (C=O) groups excluding carboxylic acids is 1. The van der Waals surface area contributed by atoms with E-state index < -0.39 is 5.97 Å². The fourth-order valence-electron chi connectivity index (χ4n) is 1.67. The minimum absolute atomic E-state index is 0.0985. The number of hydrogen-bond donors (Lipinski definition) is 1. The molecule has 1 N–H and O–H groups in total. The summed E-state index contributed by atoms with van der Waals surface area (Å²) in [5.74, 6) is -1.21. The van der Waals surface area contributed by atoms with E-state index >= 15 is 0 Å².